The van der Waals surface area contributed by atoms with E-state index < -0.39 is 0 Å². The first-order chi connectivity index (χ1) is 11.2. The fourth-order valence-corrected chi connectivity index (χ4v) is 2.38. The lowest BCUT2D eigenvalue weighted by molar-refractivity contribution is 0.101. The quantitative estimate of drug-likeness (QED) is 0.811. The average molecular weight is 312 g/mol. The highest BCUT2D eigenvalue weighted by atomic mass is 16.5. The number of hydrogen-bond acceptors (Lipinski definition) is 5. The third kappa shape index (κ3) is 2.73. The summed E-state index contributed by atoms with van der Waals surface area (Å²) in [7, 11) is 4.66. The molecule has 0 unspecified atom stereocenters. The molecule has 0 bridgehead atoms. The van der Waals surface area contributed by atoms with E-state index in [1.807, 2.05) is 24.3 Å². The molecule has 0 N–H and O–H groups in total. The van der Waals surface area contributed by atoms with Gasteiger partial charge in [-0.25, -0.2) is 0 Å². The van der Waals surface area contributed by atoms with Gasteiger partial charge in [0.05, 0.1) is 21.3 Å². The Morgan fingerprint density at radius 2 is 1.61 bits per heavy atom. The summed E-state index contributed by atoms with van der Waals surface area (Å²) < 4.78 is 21.3. The third-order valence-corrected chi connectivity index (χ3v) is 3.58. The molecule has 0 amide bonds. The van der Waals surface area contributed by atoms with Gasteiger partial charge in [-0.2, -0.15) is 0 Å². The van der Waals surface area contributed by atoms with Crippen LogP contribution in [0.1, 0.15) is 15.9 Å². The number of carbonyl (C=O) groups is 1. The molecule has 0 aliphatic carbocycles. The van der Waals surface area contributed by atoms with E-state index in [1.165, 1.54) is 7.11 Å². The predicted molar refractivity (Wildman–Crippen MR) is 85.5 cm³/mol. The Kier molecular flexibility index (Phi) is 3.93. The Bertz CT molecular complexity index is 775. The Morgan fingerprint density at radius 1 is 0.913 bits per heavy atom. The second kappa shape index (κ2) is 6.04. The van der Waals surface area contributed by atoms with E-state index in [4.69, 9.17) is 18.9 Å². The molecule has 0 fully saturated rings. The van der Waals surface area contributed by atoms with Gasteiger partial charge in [0.2, 0.25) is 5.78 Å². The van der Waals surface area contributed by atoms with Gasteiger partial charge in [-0.1, -0.05) is 12.1 Å². The van der Waals surface area contributed by atoms with Crippen molar-refractivity contribution in [2.24, 2.45) is 0 Å². The molecule has 0 radical (unpaired) electrons. The van der Waals surface area contributed by atoms with Gasteiger partial charge in [0.15, 0.2) is 5.76 Å². The first-order valence-electron chi connectivity index (χ1n) is 7.00. The monoisotopic (exact) mass is 312 g/mol. The number of rotatable bonds is 4. The molecule has 1 heterocycles. The normalized spacial score (nSPS) is 14.4. The molecule has 2 aromatic rings. The lowest BCUT2D eigenvalue weighted by atomic mass is 10.1. The Balaban J connectivity index is 1.97. The van der Waals surface area contributed by atoms with Crippen molar-refractivity contribution in [2.45, 2.75) is 0 Å². The molecule has 0 aromatic heterocycles. The number of ether oxygens (including phenoxy) is 4. The molecule has 0 saturated carbocycles. The lowest BCUT2D eigenvalue weighted by Crippen LogP contribution is -2.00. The summed E-state index contributed by atoms with van der Waals surface area (Å²) in [6.07, 6.45) is 1.69. The van der Waals surface area contributed by atoms with E-state index in [1.54, 1.807) is 32.4 Å². The van der Waals surface area contributed by atoms with Crippen LogP contribution in [0.25, 0.3) is 6.08 Å². The zero-order valence-electron chi connectivity index (χ0n) is 13.1. The van der Waals surface area contributed by atoms with Crippen LogP contribution in [0, 0.1) is 0 Å². The Morgan fingerprint density at radius 3 is 2.22 bits per heavy atom. The molecule has 5 nitrogen and oxygen atoms in total. The van der Waals surface area contributed by atoms with Crippen molar-refractivity contribution in [1.82, 2.24) is 0 Å². The summed E-state index contributed by atoms with van der Waals surface area (Å²) in [5, 5.41) is 0. The summed E-state index contributed by atoms with van der Waals surface area (Å²) in [6, 6.07) is 10.7. The van der Waals surface area contributed by atoms with Crippen molar-refractivity contribution >= 4 is 11.9 Å². The molecular formula is C18H16O5. The number of fused-ring (bicyclic) bond motifs is 1. The molecule has 1 aliphatic rings. The van der Waals surface area contributed by atoms with Crippen molar-refractivity contribution in [3.63, 3.8) is 0 Å². The largest absolute Gasteiger partial charge is 0.497 e. The van der Waals surface area contributed by atoms with E-state index in [0.717, 1.165) is 11.3 Å². The number of carbonyl (C=O) groups excluding carboxylic acids is 1. The Hall–Kier alpha value is -2.95. The number of methoxy groups -OCH3 is 3. The molecule has 118 valence electrons. The summed E-state index contributed by atoms with van der Waals surface area (Å²) in [5.74, 6) is 2.22. The SMILES string of the molecule is COc1ccc(/C=C2/Oc3cc(OC)cc(OC)c3C2=O)cc1. The van der Waals surface area contributed by atoms with Crippen LogP contribution in [0.15, 0.2) is 42.2 Å². The van der Waals surface area contributed by atoms with Crippen molar-refractivity contribution in [2.75, 3.05) is 21.3 Å². The second-order valence-corrected chi connectivity index (χ2v) is 4.92. The van der Waals surface area contributed by atoms with Crippen molar-refractivity contribution in [3.05, 3.63) is 53.3 Å². The predicted octanol–water partition coefficient (Wildman–Crippen LogP) is 3.33. The number of Topliss-reactive ketones (excluding diaryl/α,β-unsaturated/α-hetero) is 1. The van der Waals surface area contributed by atoms with Gasteiger partial charge in [0, 0.05) is 12.1 Å². The van der Waals surface area contributed by atoms with E-state index >= 15 is 0 Å². The minimum absolute atomic E-state index is 0.213. The first-order valence-corrected chi connectivity index (χ1v) is 7.00. The van der Waals surface area contributed by atoms with E-state index in [-0.39, 0.29) is 11.5 Å². The van der Waals surface area contributed by atoms with Crippen LogP contribution in [-0.4, -0.2) is 27.1 Å². The lowest BCUT2D eigenvalue weighted by Gasteiger charge is -2.07. The maximum Gasteiger partial charge on any atom is 0.235 e. The van der Waals surface area contributed by atoms with Crippen LogP contribution in [0.4, 0.5) is 0 Å². The van der Waals surface area contributed by atoms with Crippen LogP contribution in [0.2, 0.25) is 0 Å². The maximum absolute atomic E-state index is 12.6. The fraction of sp³-hybridized carbons (Fsp3) is 0.167. The molecule has 2 aromatic carbocycles. The number of ketones is 1. The molecule has 0 atom stereocenters. The standard InChI is InChI=1S/C18H16O5/c1-20-12-6-4-11(5-7-12)8-16-18(19)17-14(22-3)9-13(21-2)10-15(17)23-16/h4-10H,1-3H3/b16-8+. The van der Waals surface area contributed by atoms with Gasteiger partial charge in [-0.05, 0) is 23.8 Å². The summed E-state index contributed by atoms with van der Waals surface area (Å²) >= 11 is 0. The highest BCUT2D eigenvalue weighted by Crippen LogP contribution is 2.41. The van der Waals surface area contributed by atoms with Gasteiger partial charge in [-0.3, -0.25) is 4.79 Å². The third-order valence-electron chi connectivity index (χ3n) is 3.58. The van der Waals surface area contributed by atoms with Crippen molar-refractivity contribution in [3.8, 4) is 23.0 Å². The summed E-state index contributed by atoms with van der Waals surface area (Å²) in [5.41, 5.74) is 1.25. The Labute approximate surface area is 134 Å². The van der Waals surface area contributed by atoms with Crippen LogP contribution in [0.3, 0.4) is 0 Å². The van der Waals surface area contributed by atoms with Crippen LogP contribution in [0.5, 0.6) is 23.0 Å². The molecule has 1 aliphatic heterocycles. The van der Waals surface area contributed by atoms with Gasteiger partial charge >= 0.3 is 0 Å². The fourth-order valence-electron chi connectivity index (χ4n) is 2.38. The highest BCUT2D eigenvalue weighted by Gasteiger charge is 2.32. The van der Waals surface area contributed by atoms with Crippen LogP contribution >= 0.6 is 0 Å². The van der Waals surface area contributed by atoms with E-state index in [0.29, 0.717) is 22.8 Å². The van der Waals surface area contributed by atoms with Gasteiger partial charge in [-0.15, -0.1) is 0 Å². The maximum atomic E-state index is 12.6. The first kappa shape index (κ1) is 15.0. The smallest absolute Gasteiger partial charge is 0.235 e. The molecule has 0 saturated heterocycles. The van der Waals surface area contributed by atoms with E-state index in [9.17, 15) is 4.79 Å². The molecule has 0 spiro atoms. The summed E-state index contributed by atoms with van der Waals surface area (Å²) in [4.78, 5) is 12.6. The van der Waals surface area contributed by atoms with Gasteiger partial charge in [0.1, 0.15) is 28.6 Å². The van der Waals surface area contributed by atoms with Gasteiger partial charge < -0.3 is 18.9 Å². The molecular weight excluding hydrogens is 296 g/mol. The van der Waals surface area contributed by atoms with Gasteiger partial charge in [0.25, 0.3) is 0 Å². The minimum atomic E-state index is -0.213. The van der Waals surface area contributed by atoms with Crippen LogP contribution in [-0.2, 0) is 0 Å². The topological polar surface area (TPSA) is 54.0 Å². The average Bonchev–Trinajstić information content (AvgIpc) is 2.90. The highest BCUT2D eigenvalue weighted by molar-refractivity contribution is 6.16. The summed E-state index contributed by atoms with van der Waals surface area (Å²) in [6.45, 7) is 0. The van der Waals surface area contributed by atoms with Crippen molar-refractivity contribution in [1.29, 1.82) is 0 Å². The van der Waals surface area contributed by atoms with E-state index in [2.05, 4.69) is 0 Å². The zero-order chi connectivity index (χ0) is 16.4. The number of benzene rings is 2. The number of allylic oxidation sites excluding steroid dienone is 1. The number of hydrogen-bond donors (Lipinski definition) is 0. The van der Waals surface area contributed by atoms with Crippen LogP contribution < -0.4 is 18.9 Å². The molecule has 23 heavy (non-hydrogen) atoms. The minimum Gasteiger partial charge on any atom is -0.497 e. The second-order valence-electron chi connectivity index (χ2n) is 4.92. The molecule has 3 rings (SSSR count). The zero-order valence-corrected chi connectivity index (χ0v) is 13.1. The van der Waals surface area contributed by atoms with Crippen molar-refractivity contribution < 1.29 is 23.7 Å². The molecule has 5 heteroatoms.